The topological polar surface area (TPSA) is 83.9 Å². The van der Waals surface area contributed by atoms with Crippen LogP contribution in [0.15, 0.2) is 83.3 Å². The van der Waals surface area contributed by atoms with Crippen molar-refractivity contribution >= 4 is 33.7 Å². The second-order valence-electron chi connectivity index (χ2n) is 8.35. The predicted molar refractivity (Wildman–Crippen MR) is 130 cm³/mol. The summed E-state index contributed by atoms with van der Waals surface area (Å²) in [5, 5.41) is 11.0. The van der Waals surface area contributed by atoms with Gasteiger partial charge in [0, 0.05) is 10.9 Å². The molecule has 0 aliphatic carbocycles. The number of ether oxygens (including phenoxy) is 1. The lowest BCUT2D eigenvalue weighted by Gasteiger charge is -2.32. The number of aliphatic hydroxyl groups is 1. The van der Waals surface area contributed by atoms with E-state index in [0.29, 0.717) is 5.56 Å². The molecule has 0 saturated carbocycles. The highest BCUT2D eigenvalue weighted by Crippen LogP contribution is 2.43. The lowest BCUT2D eigenvalue weighted by atomic mass is 9.80. The molecule has 4 rings (SSSR count). The Kier molecular flexibility index (Phi) is 7.14. The van der Waals surface area contributed by atoms with E-state index in [2.05, 4.69) is 20.7 Å². The smallest absolute Gasteiger partial charge is 0.347 e. The molecule has 3 atom stereocenters. The maximum Gasteiger partial charge on any atom is 0.347 e. The molecule has 1 N–H and O–H groups in total. The van der Waals surface area contributed by atoms with Gasteiger partial charge in [0.15, 0.2) is 0 Å². The van der Waals surface area contributed by atoms with Gasteiger partial charge in [0.25, 0.3) is 0 Å². The van der Waals surface area contributed by atoms with Crippen LogP contribution in [-0.2, 0) is 25.7 Å². The molecule has 1 aliphatic heterocycles. The van der Waals surface area contributed by atoms with Gasteiger partial charge in [-0.1, -0.05) is 82.7 Å². The number of nitrogens with zero attached hydrogens (tertiary/aromatic N) is 1. The summed E-state index contributed by atoms with van der Waals surface area (Å²) in [6.07, 6.45) is -2.57. The van der Waals surface area contributed by atoms with Gasteiger partial charge >= 0.3 is 5.97 Å². The monoisotopic (exact) mass is 539 g/mol. The number of carbonyl (C=O) groups excluding carboxylic acids is 3. The molecule has 1 unspecified atom stereocenters. The summed E-state index contributed by atoms with van der Waals surface area (Å²) in [6, 6.07) is 22.7. The first-order chi connectivity index (χ1) is 16.8. The Morgan fingerprint density at radius 2 is 1.63 bits per heavy atom. The molecule has 0 spiro atoms. The van der Waals surface area contributed by atoms with Gasteiger partial charge in [0.2, 0.25) is 17.5 Å². The van der Waals surface area contributed by atoms with E-state index >= 15 is 4.39 Å². The molecule has 180 valence electrons. The molecule has 0 bridgehead atoms. The van der Waals surface area contributed by atoms with Gasteiger partial charge < -0.3 is 9.84 Å². The number of alkyl halides is 1. The average Bonchev–Trinajstić information content (AvgIpc) is 3.17. The molecule has 0 aromatic heterocycles. The number of benzene rings is 3. The molecule has 3 aromatic rings. The SMILES string of the molecule is COC(=O)[C@](F)(C1CC(=O)N(Cc2ccccc2)C1=O)[C@H](O)c1ccc(-c2ccc(Br)cc2)cc1. The van der Waals surface area contributed by atoms with Crippen molar-refractivity contribution in [1.29, 1.82) is 0 Å². The van der Waals surface area contributed by atoms with Gasteiger partial charge in [-0.15, -0.1) is 0 Å². The van der Waals surface area contributed by atoms with Crippen molar-refractivity contribution in [3.8, 4) is 11.1 Å². The van der Waals surface area contributed by atoms with Crippen LogP contribution in [0.3, 0.4) is 0 Å². The number of esters is 1. The fourth-order valence-electron chi connectivity index (χ4n) is 4.29. The summed E-state index contributed by atoms with van der Waals surface area (Å²) >= 11 is 3.38. The lowest BCUT2D eigenvalue weighted by Crippen LogP contribution is -2.50. The molecular weight excluding hydrogens is 517 g/mol. The first-order valence-electron chi connectivity index (χ1n) is 10.9. The van der Waals surface area contributed by atoms with E-state index in [0.717, 1.165) is 27.6 Å². The highest BCUT2D eigenvalue weighted by Gasteiger charge is 2.61. The zero-order chi connectivity index (χ0) is 25.2. The molecule has 3 aromatic carbocycles. The number of amides is 2. The van der Waals surface area contributed by atoms with Crippen LogP contribution in [0.1, 0.15) is 23.7 Å². The molecular formula is C27H23BrFNO5. The van der Waals surface area contributed by atoms with Crippen LogP contribution in [0.5, 0.6) is 0 Å². The normalized spacial score (nSPS) is 18.3. The van der Waals surface area contributed by atoms with E-state index in [1.54, 1.807) is 42.5 Å². The third-order valence-electron chi connectivity index (χ3n) is 6.23. The van der Waals surface area contributed by atoms with Crippen LogP contribution in [-0.4, -0.2) is 40.6 Å². The van der Waals surface area contributed by atoms with Crippen LogP contribution in [0.25, 0.3) is 11.1 Å². The largest absolute Gasteiger partial charge is 0.467 e. The Morgan fingerprint density at radius 1 is 1.06 bits per heavy atom. The predicted octanol–water partition coefficient (Wildman–Crippen LogP) is 4.61. The first-order valence-corrected chi connectivity index (χ1v) is 11.7. The Bertz CT molecular complexity index is 1230. The quantitative estimate of drug-likeness (QED) is 0.350. The summed E-state index contributed by atoms with van der Waals surface area (Å²) < 4.78 is 22.0. The summed E-state index contributed by atoms with van der Waals surface area (Å²) in [5.74, 6) is -4.60. The van der Waals surface area contributed by atoms with Crippen molar-refractivity contribution in [2.75, 3.05) is 7.11 Å². The number of hydrogen-bond donors (Lipinski definition) is 1. The number of rotatable bonds is 7. The molecule has 6 nitrogen and oxygen atoms in total. The number of aliphatic hydroxyl groups excluding tert-OH is 1. The van der Waals surface area contributed by atoms with Crippen LogP contribution in [0.4, 0.5) is 4.39 Å². The molecule has 1 fully saturated rings. The van der Waals surface area contributed by atoms with Crippen LogP contribution >= 0.6 is 15.9 Å². The number of hydrogen-bond acceptors (Lipinski definition) is 5. The number of methoxy groups -OCH3 is 1. The number of carbonyl (C=O) groups is 3. The highest BCUT2D eigenvalue weighted by atomic mass is 79.9. The molecule has 1 heterocycles. The average molecular weight is 540 g/mol. The van der Waals surface area contributed by atoms with Crippen LogP contribution in [0.2, 0.25) is 0 Å². The van der Waals surface area contributed by atoms with E-state index < -0.39 is 41.9 Å². The minimum absolute atomic E-state index is 0.0513. The standard InChI is InChI=1S/C27H23BrFNO5/c1-35-26(34)27(29,22-15-23(31)30(25(22)33)16-17-5-3-2-4-6-17)24(32)20-9-7-18(8-10-20)19-11-13-21(28)14-12-19/h2-14,22,24,32H,15-16H2,1H3/t22?,24-,27+/m1/s1. The van der Waals surface area contributed by atoms with E-state index in [-0.39, 0.29) is 12.1 Å². The van der Waals surface area contributed by atoms with Crippen molar-refractivity contribution < 1.29 is 28.6 Å². The van der Waals surface area contributed by atoms with E-state index in [9.17, 15) is 19.5 Å². The van der Waals surface area contributed by atoms with E-state index in [1.807, 2.05) is 24.3 Å². The Balaban J connectivity index is 1.62. The van der Waals surface area contributed by atoms with Crippen LogP contribution in [0, 0.1) is 5.92 Å². The number of halogens is 2. The molecule has 1 saturated heterocycles. The summed E-state index contributed by atoms with van der Waals surface area (Å²) in [5.41, 5.74) is -0.660. The molecule has 0 radical (unpaired) electrons. The van der Waals surface area contributed by atoms with Gasteiger partial charge in [-0.2, -0.15) is 0 Å². The molecule has 8 heteroatoms. The number of imide groups is 1. The Morgan fingerprint density at radius 3 is 2.20 bits per heavy atom. The minimum atomic E-state index is -3.15. The van der Waals surface area contributed by atoms with E-state index in [4.69, 9.17) is 0 Å². The zero-order valence-corrected chi connectivity index (χ0v) is 20.4. The van der Waals surface area contributed by atoms with Gasteiger partial charge in [0.1, 0.15) is 6.10 Å². The molecule has 35 heavy (non-hydrogen) atoms. The maximum atomic E-state index is 16.4. The fraction of sp³-hybridized carbons (Fsp3) is 0.222. The maximum absolute atomic E-state index is 16.4. The second-order valence-corrected chi connectivity index (χ2v) is 9.27. The summed E-state index contributed by atoms with van der Waals surface area (Å²) in [4.78, 5) is 39.3. The van der Waals surface area contributed by atoms with Crippen LogP contribution < -0.4 is 0 Å². The number of likely N-dealkylation sites (tertiary alicyclic amines) is 1. The van der Waals surface area contributed by atoms with Crippen molar-refractivity contribution in [2.45, 2.75) is 24.7 Å². The zero-order valence-electron chi connectivity index (χ0n) is 18.9. The molecule has 2 amide bonds. The first kappa shape index (κ1) is 24.8. The highest BCUT2D eigenvalue weighted by molar-refractivity contribution is 9.10. The van der Waals surface area contributed by atoms with E-state index in [1.165, 1.54) is 12.1 Å². The third kappa shape index (κ3) is 4.76. The fourth-order valence-corrected chi connectivity index (χ4v) is 4.55. The van der Waals surface area contributed by atoms with Gasteiger partial charge in [-0.3, -0.25) is 14.5 Å². The second kappa shape index (κ2) is 10.1. The summed E-state index contributed by atoms with van der Waals surface area (Å²) in [7, 11) is 0.975. The molecule has 1 aliphatic rings. The lowest BCUT2D eigenvalue weighted by molar-refractivity contribution is -0.174. The van der Waals surface area contributed by atoms with Gasteiger partial charge in [0.05, 0.1) is 19.6 Å². The third-order valence-corrected chi connectivity index (χ3v) is 6.76. The minimum Gasteiger partial charge on any atom is -0.467 e. The van der Waals surface area contributed by atoms with Gasteiger partial charge in [-0.25, -0.2) is 9.18 Å². The van der Waals surface area contributed by atoms with Crippen molar-refractivity contribution in [3.63, 3.8) is 0 Å². The Labute approximate surface area is 210 Å². The Hall–Kier alpha value is -3.36. The summed E-state index contributed by atoms with van der Waals surface area (Å²) in [6.45, 7) is -0.0513. The van der Waals surface area contributed by atoms with Crippen molar-refractivity contribution in [2.24, 2.45) is 5.92 Å². The van der Waals surface area contributed by atoms with Gasteiger partial charge in [-0.05, 0) is 34.4 Å². The van der Waals surface area contributed by atoms with Crippen molar-refractivity contribution in [3.05, 3.63) is 94.5 Å². The van der Waals surface area contributed by atoms with Crippen molar-refractivity contribution in [1.82, 2.24) is 4.90 Å².